The Balaban J connectivity index is 1.45. The molecule has 0 unspecified atom stereocenters. The number of aryl methyl sites for hydroxylation is 2. The minimum Gasteiger partial charge on any atom is -0.493 e. The van der Waals surface area contributed by atoms with Crippen LogP contribution in [0.2, 0.25) is 0 Å². The molecule has 4 rings (SSSR count). The van der Waals surface area contributed by atoms with E-state index < -0.39 is 10.0 Å². The fraction of sp³-hybridized carbons (Fsp3) is 0.409. The van der Waals surface area contributed by atoms with E-state index in [0.717, 1.165) is 19.3 Å². The molecule has 0 saturated carbocycles. The zero-order valence-electron chi connectivity index (χ0n) is 17.3. The van der Waals surface area contributed by atoms with Crippen molar-refractivity contribution in [2.24, 2.45) is 0 Å². The summed E-state index contributed by atoms with van der Waals surface area (Å²) in [5, 5.41) is 0. The van der Waals surface area contributed by atoms with Gasteiger partial charge in [0, 0.05) is 37.8 Å². The number of hydrogen-bond donors (Lipinski definition) is 0. The molecule has 0 N–H and O–H groups in total. The van der Waals surface area contributed by atoms with Crippen molar-refractivity contribution in [3.05, 3.63) is 53.1 Å². The van der Waals surface area contributed by atoms with Gasteiger partial charge in [-0.25, -0.2) is 8.42 Å². The fourth-order valence-electron chi connectivity index (χ4n) is 4.15. The zero-order valence-corrected chi connectivity index (χ0v) is 18.1. The van der Waals surface area contributed by atoms with Crippen LogP contribution in [0.3, 0.4) is 0 Å². The van der Waals surface area contributed by atoms with Crippen molar-refractivity contribution in [2.45, 2.75) is 24.2 Å². The maximum atomic E-state index is 13.1. The molecule has 1 saturated heterocycles. The third-order valence-electron chi connectivity index (χ3n) is 5.86. The van der Waals surface area contributed by atoms with Crippen LogP contribution in [0.25, 0.3) is 0 Å². The summed E-state index contributed by atoms with van der Waals surface area (Å²) in [7, 11) is -0.709. The first-order valence-corrected chi connectivity index (χ1v) is 11.5. The average molecular weight is 431 g/mol. The first-order valence-electron chi connectivity index (χ1n) is 10.1. The second kappa shape index (κ2) is 8.28. The van der Waals surface area contributed by atoms with Crippen LogP contribution in [0.15, 0.2) is 41.3 Å². The molecule has 8 heteroatoms. The third kappa shape index (κ3) is 3.77. The van der Waals surface area contributed by atoms with Gasteiger partial charge in [-0.3, -0.25) is 4.79 Å². The van der Waals surface area contributed by atoms with Gasteiger partial charge in [-0.1, -0.05) is 6.07 Å². The number of carbonyl (C=O) groups is 1. The zero-order chi connectivity index (χ0) is 21.3. The van der Waals surface area contributed by atoms with Crippen LogP contribution in [0, 0.1) is 0 Å². The highest BCUT2D eigenvalue weighted by molar-refractivity contribution is 7.89. The standard InChI is InChI=1S/C22H26N2O5S/c1-28-20-9-8-19(15-21(20)29-2)30(26,27)24-12-10-23(11-13-24)22(25)18-7-6-16-4-3-5-17(16)14-18/h6-9,14-15H,3-5,10-13H2,1-2H3. The Labute approximate surface area is 177 Å². The van der Waals surface area contributed by atoms with Gasteiger partial charge in [-0.2, -0.15) is 4.31 Å². The van der Waals surface area contributed by atoms with Crippen LogP contribution in [0.5, 0.6) is 11.5 Å². The Bertz CT molecular complexity index is 1060. The smallest absolute Gasteiger partial charge is 0.253 e. The number of ether oxygens (including phenoxy) is 2. The predicted molar refractivity (Wildman–Crippen MR) is 113 cm³/mol. The van der Waals surface area contributed by atoms with Gasteiger partial charge in [0.05, 0.1) is 19.1 Å². The summed E-state index contributed by atoms with van der Waals surface area (Å²) >= 11 is 0. The van der Waals surface area contributed by atoms with E-state index in [-0.39, 0.29) is 23.9 Å². The minimum atomic E-state index is -3.68. The van der Waals surface area contributed by atoms with Crippen molar-refractivity contribution in [1.82, 2.24) is 9.21 Å². The van der Waals surface area contributed by atoms with Crippen molar-refractivity contribution in [2.75, 3.05) is 40.4 Å². The fourth-order valence-corrected chi connectivity index (χ4v) is 5.58. The van der Waals surface area contributed by atoms with Gasteiger partial charge < -0.3 is 14.4 Å². The third-order valence-corrected chi connectivity index (χ3v) is 7.76. The highest BCUT2D eigenvalue weighted by Crippen LogP contribution is 2.31. The number of amides is 1. The van der Waals surface area contributed by atoms with Gasteiger partial charge in [0.15, 0.2) is 11.5 Å². The number of hydrogen-bond acceptors (Lipinski definition) is 5. The van der Waals surface area contributed by atoms with E-state index in [4.69, 9.17) is 9.47 Å². The van der Waals surface area contributed by atoms with Crippen molar-refractivity contribution in [3.8, 4) is 11.5 Å². The molecule has 2 aromatic rings. The molecule has 0 spiro atoms. The molecule has 0 atom stereocenters. The molecular formula is C22H26N2O5S. The van der Waals surface area contributed by atoms with Gasteiger partial charge in [-0.15, -0.1) is 0 Å². The topological polar surface area (TPSA) is 76.2 Å². The SMILES string of the molecule is COc1ccc(S(=O)(=O)N2CCN(C(=O)c3ccc4c(c3)CCC4)CC2)cc1OC. The van der Waals surface area contributed by atoms with E-state index >= 15 is 0 Å². The highest BCUT2D eigenvalue weighted by Gasteiger charge is 2.31. The molecule has 7 nitrogen and oxygen atoms in total. The average Bonchev–Trinajstić information content (AvgIpc) is 3.26. The Hall–Kier alpha value is -2.58. The van der Waals surface area contributed by atoms with Crippen LogP contribution in [-0.4, -0.2) is 63.9 Å². The van der Waals surface area contributed by atoms with Gasteiger partial charge in [0.1, 0.15) is 0 Å². The molecule has 160 valence electrons. The van der Waals surface area contributed by atoms with E-state index in [1.165, 1.54) is 41.8 Å². The predicted octanol–water partition coefficient (Wildman–Crippen LogP) is 2.34. The quantitative estimate of drug-likeness (QED) is 0.728. The lowest BCUT2D eigenvalue weighted by Gasteiger charge is -2.34. The maximum absolute atomic E-state index is 13.1. The van der Waals surface area contributed by atoms with Crippen molar-refractivity contribution < 1.29 is 22.7 Å². The van der Waals surface area contributed by atoms with Crippen LogP contribution in [0.4, 0.5) is 0 Å². The van der Waals surface area contributed by atoms with E-state index in [2.05, 4.69) is 0 Å². The number of nitrogens with zero attached hydrogens (tertiary/aromatic N) is 2. The molecule has 1 aliphatic heterocycles. The Morgan fingerprint density at radius 1 is 0.867 bits per heavy atom. The Morgan fingerprint density at radius 3 is 2.27 bits per heavy atom. The maximum Gasteiger partial charge on any atom is 0.253 e. The highest BCUT2D eigenvalue weighted by atomic mass is 32.2. The van der Waals surface area contributed by atoms with Gasteiger partial charge in [0.2, 0.25) is 10.0 Å². The van der Waals surface area contributed by atoms with Crippen LogP contribution in [0.1, 0.15) is 27.9 Å². The number of carbonyl (C=O) groups excluding carboxylic acids is 1. The number of piperazine rings is 1. The van der Waals surface area contributed by atoms with Gasteiger partial charge in [0.25, 0.3) is 5.91 Å². The number of fused-ring (bicyclic) bond motifs is 1. The molecule has 2 aromatic carbocycles. The molecule has 1 amide bonds. The van der Waals surface area contributed by atoms with Gasteiger partial charge in [-0.05, 0) is 54.7 Å². The first-order chi connectivity index (χ1) is 14.4. The van der Waals surface area contributed by atoms with E-state index in [1.54, 1.807) is 11.0 Å². The molecular weight excluding hydrogens is 404 g/mol. The first kappa shape index (κ1) is 20.7. The minimum absolute atomic E-state index is 0.0344. The van der Waals surface area contributed by atoms with Crippen molar-refractivity contribution in [1.29, 1.82) is 0 Å². The summed E-state index contributed by atoms with van der Waals surface area (Å²) < 4.78 is 37.9. The van der Waals surface area contributed by atoms with E-state index in [0.29, 0.717) is 30.2 Å². The summed E-state index contributed by atoms with van der Waals surface area (Å²) in [6, 6.07) is 10.5. The van der Waals surface area contributed by atoms with Gasteiger partial charge >= 0.3 is 0 Å². The number of rotatable bonds is 5. The summed E-state index contributed by atoms with van der Waals surface area (Å²) in [5.74, 6) is 0.804. The summed E-state index contributed by atoms with van der Waals surface area (Å²) in [4.78, 5) is 14.8. The Kier molecular flexibility index (Phi) is 5.71. The number of benzene rings is 2. The van der Waals surface area contributed by atoms with Crippen molar-refractivity contribution >= 4 is 15.9 Å². The molecule has 1 heterocycles. The lowest BCUT2D eigenvalue weighted by Crippen LogP contribution is -2.50. The Morgan fingerprint density at radius 2 is 1.57 bits per heavy atom. The molecule has 0 aromatic heterocycles. The summed E-state index contributed by atoms with van der Waals surface area (Å²) in [5.41, 5.74) is 3.28. The summed E-state index contributed by atoms with van der Waals surface area (Å²) in [6.07, 6.45) is 3.24. The van der Waals surface area contributed by atoms with Crippen LogP contribution in [-0.2, 0) is 22.9 Å². The van der Waals surface area contributed by atoms with E-state index in [1.807, 2.05) is 18.2 Å². The monoisotopic (exact) mass is 430 g/mol. The molecule has 0 radical (unpaired) electrons. The molecule has 0 bridgehead atoms. The molecule has 1 fully saturated rings. The van der Waals surface area contributed by atoms with Crippen LogP contribution < -0.4 is 9.47 Å². The van der Waals surface area contributed by atoms with E-state index in [9.17, 15) is 13.2 Å². The molecule has 30 heavy (non-hydrogen) atoms. The number of methoxy groups -OCH3 is 2. The summed E-state index contributed by atoms with van der Waals surface area (Å²) in [6.45, 7) is 1.24. The largest absolute Gasteiger partial charge is 0.493 e. The molecule has 1 aliphatic carbocycles. The normalized spacial score (nSPS) is 16.9. The lowest BCUT2D eigenvalue weighted by atomic mass is 10.1. The lowest BCUT2D eigenvalue weighted by molar-refractivity contribution is 0.0698. The number of sulfonamides is 1. The van der Waals surface area contributed by atoms with Crippen molar-refractivity contribution in [3.63, 3.8) is 0 Å². The second-order valence-corrected chi connectivity index (χ2v) is 9.49. The second-order valence-electron chi connectivity index (χ2n) is 7.55. The molecule has 2 aliphatic rings. The van der Waals surface area contributed by atoms with Crippen LogP contribution >= 0.6 is 0 Å².